The molecule has 0 saturated heterocycles. The molecule has 1 atom stereocenters. The molecule has 0 spiro atoms. The van der Waals surface area contributed by atoms with Gasteiger partial charge in [0.25, 0.3) is 0 Å². The fraction of sp³-hybridized carbons (Fsp3) is 0.897. The molecule has 0 heterocycles. The van der Waals surface area contributed by atoms with Crippen LogP contribution in [0, 0.1) is 5.92 Å². The first-order valence-corrected chi connectivity index (χ1v) is 19.2. The van der Waals surface area contributed by atoms with Crippen molar-refractivity contribution in [3.63, 3.8) is 0 Å². The zero-order chi connectivity index (χ0) is 32.7. The summed E-state index contributed by atoms with van der Waals surface area (Å²) in [7, 11) is 4.62. The molecule has 0 bridgehead atoms. The Labute approximate surface area is 275 Å². The van der Waals surface area contributed by atoms with E-state index in [1.807, 2.05) is 19.9 Å². The molecule has 2 N–H and O–H groups in total. The Morgan fingerprint density at radius 2 is 1.07 bits per heavy atom. The van der Waals surface area contributed by atoms with E-state index in [9.17, 15) is 9.59 Å². The molecule has 44 heavy (non-hydrogen) atoms. The van der Waals surface area contributed by atoms with Gasteiger partial charge >= 0.3 is 0 Å². The fourth-order valence-corrected chi connectivity index (χ4v) is 6.09. The van der Waals surface area contributed by atoms with Crippen molar-refractivity contribution >= 4 is 11.8 Å². The Kier molecular flexibility index (Phi) is 29.4. The predicted molar refractivity (Wildman–Crippen MR) is 193 cm³/mol. The van der Waals surface area contributed by atoms with Gasteiger partial charge in [-0.25, -0.2) is 0 Å². The minimum Gasteiger partial charge on any atom is -0.354 e. The van der Waals surface area contributed by atoms with E-state index in [-0.39, 0.29) is 17.7 Å². The molecular formula is C39H78N3O2+. The van der Waals surface area contributed by atoms with E-state index < -0.39 is 6.04 Å². The number of hydrogen-bond donors (Lipinski definition) is 2. The summed E-state index contributed by atoms with van der Waals surface area (Å²) in [5.41, 5.74) is 0. The van der Waals surface area contributed by atoms with Crippen LogP contribution in [0.5, 0.6) is 0 Å². The number of nitrogens with one attached hydrogen (secondary N) is 2. The van der Waals surface area contributed by atoms with Gasteiger partial charge in [0, 0.05) is 19.4 Å². The average Bonchev–Trinajstić information content (AvgIpc) is 2.99. The van der Waals surface area contributed by atoms with E-state index >= 15 is 0 Å². The van der Waals surface area contributed by atoms with Crippen LogP contribution >= 0.6 is 0 Å². The largest absolute Gasteiger partial charge is 0.354 e. The lowest BCUT2D eigenvalue weighted by molar-refractivity contribution is -0.890. The maximum Gasteiger partial charge on any atom is 0.242 e. The van der Waals surface area contributed by atoms with Crippen molar-refractivity contribution in [1.82, 2.24) is 10.6 Å². The molecule has 0 aromatic carbocycles. The number of quaternary nitrogens is 1. The SMILES string of the molecule is C=CCCCCCCCCC(=O)N[C@H](C(=O)NCCC[N+](C)(C)CCCCCCCCCCCCCCCCCC)C(C)C. The van der Waals surface area contributed by atoms with E-state index in [0.717, 1.165) is 36.7 Å². The zero-order valence-corrected chi connectivity index (χ0v) is 30.5. The third-order valence-corrected chi connectivity index (χ3v) is 9.18. The van der Waals surface area contributed by atoms with Gasteiger partial charge in [0.2, 0.25) is 11.8 Å². The molecule has 260 valence electrons. The smallest absolute Gasteiger partial charge is 0.242 e. The highest BCUT2D eigenvalue weighted by molar-refractivity contribution is 5.87. The Morgan fingerprint density at radius 1 is 0.636 bits per heavy atom. The summed E-state index contributed by atoms with van der Waals surface area (Å²) < 4.78 is 1.01. The van der Waals surface area contributed by atoms with Gasteiger partial charge < -0.3 is 15.1 Å². The van der Waals surface area contributed by atoms with Crippen LogP contribution in [0.2, 0.25) is 0 Å². The summed E-state index contributed by atoms with van der Waals surface area (Å²) >= 11 is 0. The van der Waals surface area contributed by atoms with Crippen molar-refractivity contribution in [2.24, 2.45) is 5.92 Å². The normalized spacial score (nSPS) is 12.4. The molecule has 0 rings (SSSR count). The summed E-state index contributed by atoms with van der Waals surface area (Å²) in [6.07, 6.45) is 33.9. The Bertz CT molecular complexity index is 676. The van der Waals surface area contributed by atoms with Crippen molar-refractivity contribution in [2.45, 2.75) is 187 Å². The summed E-state index contributed by atoms with van der Waals surface area (Å²) in [4.78, 5) is 25.3. The number of carbonyl (C=O) groups excluding carboxylic acids is 2. The van der Waals surface area contributed by atoms with Crippen LogP contribution < -0.4 is 10.6 Å². The molecule has 0 aromatic rings. The van der Waals surface area contributed by atoms with Gasteiger partial charge in [-0.2, -0.15) is 0 Å². The number of allylic oxidation sites excluding steroid dienone is 1. The number of carbonyl (C=O) groups is 2. The second-order valence-corrected chi connectivity index (χ2v) is 14.6. The number of hydrogen-bond acceptors (Lipinski definition) is 2. The summed E-state index contributed by atoms with van der Waals surface area (Å²) in [5, 5.41) is 6.10. The maximum absolute atomic E-state index is 12.8. The number of rotatable bonds is 33. The number of amides is 2. The van der Waals surface area contributed by atoms with Gasteiger partial charge in [-0.3, -0.25) is 9.59 Å². The lowest BCUT2D eigenvalue weighted by atomic mass is 10.0. The molecule has 0 aliphatic heterocycles. The molecule has 0 fully saturated rings. The van der Waals surface area contributed by atoms with Crippen molar-refractivity contribution in [2.75, 3.05) is 33.7 Å². The number of nitrogens with zero attached hydrogens (tertiary/aromatic N) is 1. The van der Waals surface area contributed by atoms with E-state index in [1.54, 1.807) is 0 Å². The van der Waals surface area contributed by atoms with Gasteiger partial charge in [-0.1, -0.05) is 142 Å². The second-order valence-electron chi connectivity index (χ2n) is 14.6. The predicted octanol–water partition coefficient (Wildman–Crippen LogP) is 10.3. The minimum atomic E-state index is -0.450. The van der Waals surface area contributed by atoms with Crippen LogP contribution in [0.4, 0.5) is 0 Å². The standard InChI is InChI=1S/C39H77N3O2/c1-7-9-11-13-15-17-18-19-20-21-22-23-24-26-28-30-34-42(5,6)35-31-33-40-39(44)38(36(3)4)41-37(43)32-29-27-25-16-14-12-10-8-2/h8,36,38H,2,7,9-35H2,1,3-6H3,(H-,40,41,43,44)/p+1/t38-/m0/s1. The highest BCUT2D eigenvalue weighted by Gasteiger charge is 2.24. The Hall–Kier alpha value is -1.36. The average molecular weight is 621 g/mol. The van der Waals surface area contributed by atoms with Gasteiger partial charge in [0.1, 0.15) is 6.04 Å². The molecule has 0 aromatic heterocycles. The fourth-order valence-electron chi connectivity index (χ4n) is 6.09. The van der Waals surface area contributed by atoms with Crippen LogP contribution in [-0.4, -0.2) is 56.1 Å². The lowest BCUT2D eigenvalue weighted by Crippen LogP contribution is -2.50. The molecule has 2 amide bonds. The molecule has 0 saturated carbocycles. The Morgan fingerprint density at radius 3 is 1.55 bits per heavy atom. The molecule has 0 aliphatic rings. The van der Waals surface area contributed by atoms with Gasteiger partial charge in [-0.05, 0) is 38.0 Å². The Balaban J connectivity index is 3.82. The van der Waals surface area contributed by atoms with Crippen LogP contribution in [0.25, 0.3) is 0 Å². The summed E-state index contributed by atoms with van der Waals surface area (Å²) in [6, 6.07) is -0.450. The first-order chi connectivity index (χ1) is 21.2. The van der Waals surface area contributed by atoms with Crippen LogP contribution in [0.3, 0.4) is 0 Å². The molecular weight excluding hydrogens is 542 g/mol. The van der Waals surface area contributed by atoms with Crippen molar-refractivity contribution in [1.29, 1.82) is 0 Å². The lowest BCUT2D eigenvalue weighted by Gasteiger charge is -2.30. The number of unbranched alkanes of at least 4 members (excludes halogenated alkanes) is 21. The summed E-state index contributed by atoms with van der Waals surface area (Å²) in [5.74, 6) is 0.0340. The minimum absolute atomic E-state index is 0.00195. The van der Waals surface area contributed by atoms with E-state index in [1.165, 1.54) is 135 Å². The van der Waals surface area contributed by atoms with Gasteiger partial charge in [-0.15, -0.1) is 6.58 Å². The zero-order valence-electron chi connectivity index (χ0n) is 30.5. The third-order valence-electron chi connectivity index (χ3n) is 9.18. The summed E-state index contributed by atoms with van der Waals surface area (Å²) in [6.45, 7) is 13.0. The monoisotopic (exact) mass is 621 g/mol. The third kappa shape index (κ3) is 28.1. The molecule has 5 nitrogen and oxygen atoms in total. The molecule has 0 radical (unpaired) electrons. The first-order valence-electron chi connectivity index (χ1n) is 19.2. The van der Waals surface area contributed by atoms with Crippen molar-refractivity contribution in [3.05, 3.63) is 12.7 Å². The van der Waals surface area contributed by atoms with Crippen molar-refractivity contribution in [3.8, 4) is 0 Å². The highest BCUT2D eigenvalue weighted by Crippen LogP contribution is 2.15. The van der Waals surface area contributed by atoms with E-state index in [0.29, 0.717) is 13.0 Å². The van der Waals surface area contributed by atoms with Crippen LogP contribution in [0.1, 0.15) is 181 Å². The van der Waals surface area contributed by atoms with E-state index in [4.69, 9.17) is 0 Å². The second kappa shape index (κ2) is 30.3. The van der Waals surface area contributed by atoms with E-state index in [2.05, 4.69) is 38.2 Å². The van der Waals surface area contributed by atoms with Gasteiger partial charge in [0.05, 0.1) is 27.2 Å². The van der Waals surface area contributed by atoms with Crippen LogP contribution in [0.15, 0.2) is 12.7 Å². The molecule has 0 unspecified atom stereocenters. The highest BCUT2D eigenvalue weighted by atomic mass is 16.2. The molecule has 5 heteroatoms. The maximum atomic E-state index is 12.8. The van der Waals surface area contributed by atoms with Crippen LogP contribution in [-0.2, 0) is 9.59 Å². The van der Waals surface area contributed by atoms with Gasteiger partial charge in [0.15, 0.2) is 0 Å². The molecule has 0 aliphatic carbocycles. The first kappa shape index (κ1) is 42.6. The quantitative estimate of drug-likeness (QED) is 0.0436. The topological polar surface area (TPSA) is 58.2 Å². The van der Waals surface area contributed by atoms with Crippen molar-refractivity contribution < 1.29 is 14.1 Å².